The van der Waals surface area contributed by atoms with Gasteiger partial charge in [0.15, 0.2) is 0 Å². The summed E-state index contributed by atoms with van der Waals surface area (Å²) in [4.78, 5) is 24.1. The molecule has 7 nitrogen and oxygen atoms in total. The molecule has 4 rings (SSSR count). The number of anilines is 1. The van der Waals surface area contributed by atoms with Gasteiger partial charge in [-0.25, -0.2) is 9.97 Å². The highest BCUT2D eigenvalue weighted by atomic mass is 19.4. The van der Waals surface area contributed by atoms with Crippen molar-refractivity contribution in [3.63, 3.8) is 0 Å². The van der Waals surface area contributed by atoms with E-state index in [0.717, 1.165) is 6.42 Å². The number of hydrogen-bond donors (Lipinski definition) is 2. The zero-order chi connectivity index (χ0) is 20.4. The molecule has 3 heterocycles. The predicted molar refractivity (Wildman–Crippen MR) is 99.4 cm³/mol. The number of H-pyrrole nitrogens is 1. The van der Waals surface area contributed by atoms with E-state index >= 15 is 0 Å². The molecule has 1 saturated heterocycles. The first-order valence-corrected chi connectivity index (χ1v) is 9.04. The minimum Gasteiger partial charge on any atom is -0.473 e. The molecule has 3 aromatic rings. The van der Waals surface area contributed by atoms with Crippen LogP contribution in [0, 0.1) is 0 Å². The van der Waals surface area contributed by atoms with Gasteiger partial charge in [-0.3, -0.25) is 9.69 Å². The summed E-state index contributed by atoms with van der Waals surface area (Å²) in [6.45, 7) is 1.47. The number of benzene rings is 1. The molecular weight excluding hydrogens is 387 g/mol. The number of likely N-dealkylation sites (tertiary alicyclic amines) is 1. The normalized spacial score (nSPS) is 17.6. The third-order valence-corrected chi connectivity index (χ3v) is 4.56. The summed E-state index contributed by atoms with van der Waals surface area (Å²) in [5.41, 5.74) is 0.796. The SMILES string of the molecule is O=C(CN1CC[C@H](Oc2ccccn2)C1)Nc1ccc2nc(C(F)(F)F)[nH]c2c1. The third-order valence-electron chi connectivity index (χ3n) is 4.56. The van der Waals surface area contributed by atoms with E-state index in [4.69, 9.17) is 4.74 Å². The second-order valence-electron chi connectivity index (χ2n) is 6.79. The average molecular weight is 405 g/mol. The van der Waals surface area contributed by atoms with E-state index in [1.54, 1.807) is 12.3 Å². The summed E-state index contributed by atoms with van der Waals surface area (Å²) in [5.74, 6) is -0.764. The number of imidazole rings is 1. The van der Waals surface area contributed by atoms with Crippen LogP contribution in [0.15, 0.2) is 42.6 Å². The van der Waals surface area contributed by atoms with Gasteiger partial charge in [-0.15, -0.1) is 0 Å². The molecule has 0 unspecified atom stereocenters. The first-order chi connectivity index (χ1) is 13.9. The van der Waals surface area contributed by atoms with E-state index in [9.17, 15) is 18.0 Å². The first kappa shape index (κ1) is 19.2. The van der Waals surface area contributed by atoms with E-state index in [-0.39, 0.29) is 29.6 Å². The molecule has 1 atom stereocenters. The predicted octanol–water partition coefficient (Wildman–Crippen LogP) is 3.07. The Hall–Kier alpha value is -3.14. The lowest BCUT2D eigenvalue weighted by molar-refractivity contribution is -0.144. The third kappa shape index (κ3) is 4.65. The fourth-order valence-electron chi connectivity index (χ4n) is 3.25. The molecule has 0 spiro atoms. The van der Waals surface area contributed by atoms with E-state index in [1.165, 1.54) is 18.2 Å². The fourth-order valence-corrected chi connectivity index (χ4v) is 3.25. The number of rotatable bonds is 5. The van der Waals surface area contributed by atoms with Crippen LogP contribution in [0.25, 0.3) is 11.0 Å². The molecule has 1 fully saturated rings. The fraction of sp³-hybridized carbons (Fsp3) is 0.316. The minimum atomic E-state index is -4.55. The van der Waals surface area contributed by atoms with Gasteiger partial charge in [0.05, 0.1) is 17.6 Å². The Bertz CT molecular complexity index is 1010. The molecule has 0 saturated carbocycles. The maximum atomic E-state index is 12.8. The lowest BCUT2D eigenvalue weighted by Crippen LogP contribution is -2.33. The maximum Gasteiger partial charge on any atom is 0.449 e. The number of hydrogen-bond acceptors (Lipinski definition) is 5. The standard InChI is InChI=1S/C19H18F3N5O2/c20-19(21,22)18-25-14-5-4-12(9-15(14)26-18)24-16(28)11-27-8-6-13(10-27)29-17-3-1-2-7-23-17/h1-5,7,9,13H,6,8,10-11H2,(H,24,28)(H,25,26)/t13-/m0/s1. The highest BCUT2D eigenvalue weighted by Gasteiger charge is 2.34. The molecule has 1 aliphatic rings. The number of pyridine rings is 1. The Morgan fingerprint density at radius 2 is 2.17 bits per heavy atom. The molecule has 10 heteroatoms. The summed E-state index contributed by atoms with van der Waals surface area (Å²) in [5, 5.41) is 2.71. The lowest BCUT2D eigenvalue weighted by Gasteiger charge is -2.16. The number of aromatic amines is 1. The summed E-state index contributed by atoms with van der Waals surface area (Å²) in [6, 6.07) is 9.83. The number of nitrogens with zero attached hydrogens (tertiary/aromatic N) is 3. The number of halogens is 3. The summed E-state index contributed by atoms with van der Waals surface area (Å²) in [7, 11) is 0. The zero-order valence-corrected chi connectivity index (χ0v) is 15.2. The highest BCUT2D eigenvalue weighted by Crippen LogP contribution is 2.29. The number of ether oxygens (including phenoxy) is 1. The molecule has 0 bridgehead atoms. The molecule has 2 aromatic heterocycles. The largest absolute Gasteiger partial charge is 0.473 e. The summed E-state index contributed by atoms with van der Waals surface area (Å²) >= 11 is 0. The molecule has 1 aromatic carbocycles. The number of alkyl halides is 3. The summed E-state index contributed by atoms with van der Waals surface area (Å²) < 4.78 is 44.0. The maximum absolute atomic E-state index is 12.8. The van der Waals surface area contributed by atoms with Crippen LogP contribution in [0.3, 0.4) is 0 Å². The van der Waals surface area contributed by atoms with E-state index in [0.29, 0.717) is 24.7 Å². The smallest absolute Gasteiger partial charge is 0.449 e. The molecule has 2 N–H and O–H groups in total. The van der Waals surface area contributed by atoms with Crippen LogP contribution >= 0.6 is 0 Å². The van der Waals surface area contributed by atoms with Crippen molar-refractivity contribution in [3.05, 3.63) is 48.4 Å². The Balaban J connectivity index is 1.33. The van der Waals surface area contributed by atoms with Crippen molar-refractivity contribution in [3.8, 4) is 5.88 Å². The van der Waals surface area contributed by atoms with Crippen LogP contribution in [0.4, 0.5) is 18.9 Å². The molecule has 152 valence electrons. The number of carbonyl (C=O) groups is 1. The summed E-state index contributed by atoms with van der Waals surface area (Å²) in [6.07, 6.45) is -2.15. The van der Waals surface area contributed by atoms with Crippen molar-refractivity contribution in [2.45, 2.75) is 18.7 Å². The van der Waals surface area contributed by atoms with Gasteiger partial charge in [-0.05, 0) is 30.7 Å². The number of aromatic nitrogens is 3. The molecule has 1 amide bonds. The monoisotopic (exact) mass is 405 g/mol. The average Bonchev–Trinajstić information content (AvgIpc) is 3.28. The van der Waals surface area contributed by atoms with Gasteiger partial charge in [-0.1, -0.05) is 6.07 Å². The topological polar surface area (TPSA) is 83.1 Å². The Kier molecular flexibility index (Phi) is 5.10. The van der Waals surface area contributed by atoms with Gasteiger partial charge in [0, 0.05) is 31.0 Å². The van der Waals surface area contributed by atoms with Crippen LogP contribution < -0.4 is 10.1 Å². The second-order valence-corrected chi connectivity index (χ2v) is 6.79. The van der Waals surface area contributed by atoms with Crippen molar-refractivity contribution in [2.24, 2.45) is 0 Å². The van der Waals surface area contributed by atoms with E-state index < -0.39 is 12.0 Å². The zero-order valence-electron chi connectivity index (χ0n) is 15.2. The lowest BCUT2D eigenvalue weighted by atomic mass is 10.2. The van der Waals surface area contributed by atoms with Crippen LogP contribution in [-0.2, 0) is 11.0 Å². The van der Waals surface area contributed by atoms with Crippen molar-refractivity contribution in [2.75, 3.05) is 25.0 Å². The van der Waals surface area contributed by atoms with Crippen LogP contribution in [0.1, 0.15) is 12.2 Å². The van der Waals surface area contributed by atoms with Gasteiger partial charge >= 0.3 is 6.18 Å². The van der Waals surface area contributed by atoms with E-state index in [1.807, 2.05) is 17.0 Å². The highest BCUT2D eigenvalue weighted by molar-refractivity contribution is 5.94. The van der Waals surface area contributed by atoms with E-state index in [2.05, 4.69) is 20.3 Å². The Labute approximate surface area is 163 Å². The molecular formula is C19H18F3N5O2. The van der Waals surface area contributed by atoms with Gasteiger partial charge in [-0.2, -0.15) is 13.2 Å². The number of fused-ring (bicyclic) bond motifs is 1. The Morgan fingerprint density at radius 3 is 2.93 bits per heavy atom. The molecule has 0 radical (unpaired) electrons. The van der Waals surface area contributed by atoms with Crippen molar-refractivity contribution in [1.29, 1.82) is 0 Å². The molecule has 0 aliphatic carbocycles. The van der Waals surface area contributed by atoms with Gasteiger partial charge < -0.3 is 15.0 Å². The number of carbonyl (C=O) groups excluding carboxylic acids is 1. The van der Waals surface area contributed by atoms with Crippen LogP contribution in [-0.4, -0.2) is 51.5 Å². The first-order valence-electron chi connectivity index (χ1n) is 9.04. The van der Waals surface area contributed by atoms with Crippen molar-refractivity contribution >= 4 is 22.6 Å². The van der Waals surface area contributed by atoms with Crippen molar-refractivity contribution in [1.82, 2.24) is 19.9 Å². The van der Waals surface area contributed by atoms with Crippen molar-refractivity contribution < 1.29 is 22.7 Å². The van der Waals surface area contributed by atoms with Gasteiger partial charge in [0.2, 0.25) is 17.6 Å². The van der Waals surface area contributed by atoms with Crippen LogP contribution in [0.2, 0.25) is 0 Å². The van der Waals surface area contributed by atoms with Gasteiger partial charge in [0.1, 0.15) is 6.10 Å². The van der Waals surface area contributed by atoms with Crippen LogP contribution in [0.5, 0.6) is 5.88 Å². The quantitative estimate of drug-likeness (QED) is 0.682. The molecule has 29 heavy (non-hydrogen) atoms. The second kappa shape index (κ2) is 7.70. The number of amides is 1. The number of nitrogens with one attached hydrogen (secondary N) is 2. The Morgan fingerprint density at radius 1 is 1.31 bits per heavy atom. The van der Waals surface area contributed by atoms with Gasteiger partial charge in [0.25, 0.3) is 0 Å². The molecule has 1 aliphatic heterocycles. The minimum absolute atomic E-state index is 0.0418.